The van der Waals surface area contributed by atoms with Crippen molar-refractivity contribution in [3.05, 3.63) is 93.6 Å². The lowest BCUT2D eigenvalue weighted by Crippen LogP contribution is -2.07. The molecule has 23 heavy (non-hydrogen) atoms. The van der Waals surface area contributed by atoms with Crippen LogP contribution in [-0.4, -0.2) is 5.97 Å². The van der Waals surface area contributed by atoms with E-state index in [9.17, 15) is 4.79 Å². The van der Waals surface area contributed by atoms with E-state index in [1.807, 2.05) is 78.9 Å². The molecule has 0 N–H and O–H groups in total. The van der Waals surface area contributed by atoms with Gasteiger partial charge in [0.1, 0.15) is 6.61 Å². The summed E-state index contributed by atoms with van der Waals surface area (Å²) >= 11 is 2.28. The van der Waals surface area contributed by atoms with Crippen molar-refractivity contribution in [2.24, 2.45) is 0 Å². The van der Waals surface area contributed by atoms with Crippen LogP contribution in [0.5, 0.6) is 0 Å². The average Bonchev–Trinajstić information content (AvgIpc) is 2.61. The minimum atomic E-state index is -0.302. The number of benzene rings is 3. The normalized spacial score (nSPS) is 10.3. The molecule has 0 atom stereocenters. The van der Waals surface area contributed by atoms with Crippen LogP contribution in [-0.2, 0) is 11.3 Å². The number of carbonyl (C=O) groups is 1. The average molecular weight is 414 g/mol. The van der Waals surface area contributed by atoms with Gasteiger partial charge in [-0.25, -0.2) is 4.79 Å². The quantitative estimate of drug-likeness (QED) is 0.427. The maximum atomic E-state index is 12.5. The predicted octanol–water partition coefficient (Wildman–Crippen LogP) is 5.32. The number of ether oxygens (including phenoxy) is 1. The summed E-state index contributed by atoms with van der Waals surface area (Å²) in [4.78, 5) is 12.5. The first kappa shape index (κ1) is 15.7. The molecule has 3 aromatic rings. The van der Waals surface area contributed by atoms with Gasteiger partial charge in [-0.1, -0.05) is 66.7 Å². The molecule has 0 aliphatic heterocycles. The highest BCUT2D eigenvalue weighted by Crippen LogP contribution is 2.28. The summed E-state index contributed by atoms with van der Waals surface area (Å²) in [5.41, 5.74) is 3.51. The maximum Gasteiger partial charge on any atom is 0.339 e. The van der Waals surface area contributed by atoms with Crippen molar-refractivity contribution in [1.29, 1.82) is 0 Å². The van der Waals surface area contributed by atoms with Crippen molar-refractivity contribution < 1.29 is 9.53 Å². The van der Waals surface area contributed by atoms with Gasteiger partial charge in [0, 0.05) is 3.57 Å². The Kier molecular flexibility index (Phi) is 5.08. The van der Waals surface area contributed by atoms with Gasteiger partial charge in [0.15, 0.2) is 0 Å². The Morgan fingerprint density at radius 3 is 2.13 bits per heavy atom. The molecule has 0 saturated carbocycles. The van der Waals surface area contributed by atoms with Crippen molar-refractivity contribution >= 4 is 28.6 Å². The van der Waals surface area contributed by atoms with E-state index in [2.05, 4.69) is 22.6 Å². The van der Waals surface area contributed by atoms with Gasteiger partial charge in [0.05, 0.1) is 5.56 Å². The maximum absolute atomic E-state index is 12.5. The summed E-state index contributed by atoms with van der Waals surface area (Å²) < 4.78 is 6.58. The van der Waals surface area contributed by atoms with Crippen molar-refractivity contribution in [3.63, 3.8) is 0 Å². The number of hydrogen-bond acceptors (Lipinski definition) is 2. The van der Waals surface area contributed by atoms with Crippen LogP contribution < -0.4 is 0 Å². The first-order chi connectivity index (χ1) is 11.3. The van der Waals surface area contributed by atoms with E-state index in [4.69, 9.17) is 4.74 Å². The van der Waals surface area contributed by atoms with Gasteiger partial charge in [-0.15, -0.1) is 0 Å². The fourth-order valence-electron chi connectivity index (χ4n) is 2.38. The molecule has 0 aliphatic rings. The van der Waals surface area contributed by atoms with E-state index < -0.39 is 0 Å². The third kappa shape index (κ3) is 3.79. The van der Waals surface area contributed by atoms with E-state index in [0.29, 0.717) is 5.56 Å². The monoisotopic (exact) mass is 414 g/mol. The van der Waals surface area contributed by atoms with Crippen LogP contribution in [0.15, 0.2) is 78.9 Å². The smallest absolute Gasteiger partial charge is 0.339 e. The van der Waals surface area contributed by atoms with Gasteiger partial charge in [0.2, 0.25) is 0 Å². The fraction of sp³-hybridized carbons (Fsp3) is 0.0500. The molecule has 3 heteroatoms. The van der Waals surface area contributed by atoms with E-state index in [1.54, 1.807) is 0 Å². The Hall–Kier alpha value is -2.14. The standard InChI is InChI=1S/C20H15IO2/c21-19-13-7-6-11-17(19)16-10-4-5-12-18(16)20(22)23-14-15-8-2-1-3-9-15/h1-13H,14H2. The number of rotatable bonds is 4. The minimum Gasteiger partial charge on any atom is -0.457 e. The summed E-state index contributed by atoms with van der Waals surface area (Å²) in [7, 11) is 0. The zero-order chi connectivity index (χ0) is 16.1. The second-order valence-electron chi connectivity index (χ2n) is 5.09. The lowest BCUT2D eigenvalue weighted by molar-refractivity contribution is 0.0473. The van der Waals surface area contributed by atoms with Crippen molar-refractivity contribution in [1.82, 2.24) is 0 Å². The Labute approximate surface area is 149 Å². The van der Waals surface area contributed by atoms with Crippen LogP contribution in [0, 0.1) is 3.57 Å². The third-order valence-electron chi connectivity index (χ3n) is 3.52. The summed E-state index contributed by atoms with van der Waals surface area (Å²) in [6, 6.07) is 25.3. The van der Waals surface area contributed by atoms with E-state index in [1.165, 1.54) is 0 Å². The topological polar surface area (TPSA) is 26.3 Å². The summed E-state index contributed by atoms with van der Waals surface area (Å²) in [6.07, 6.45) is 0. The number of halogens is 1. The van der Waals surface area contributed by atoms with E-state index in [0.717, 1.165) is 20.3 Å². The van der Waals surface area contributed by atoms with Crippen LogP contribution >= 0.6 is 22.6 Å². The van der Waals surface area contributed by atoms with E-state index in [-0.39, 0.29) is 12.6 Å². The zero-order valence-electron chi connectivity index (χ0n) is 12.4. The molecule has 0 aromatic heterocycles. The second kappa shape index (κ2) is 7.42. The predicted molar refractivity (Wildman–Crippen MR) is 100 cm³/mol. The lowest BCUT2D eigenvalue weighted by Gasteiger charge is -2.11. The van der Waals surface area contributed by atoms with Crippen LogP contribution in [0.4, 0.5) is 0 Å². The second-order valence-corrected chi connectivity index (χ2v) is 6.25. The molecular weight excluding hydrogens is 399 g/mol. The Bertz CT molecular complexity index is 813. The highest BCUT2D eigenvalue weighted by Gasteiger charge is 2.15. The van der Waals surface area contributed by atoms with Gasteiger partial charge in [-0.05, 0) is 51.4 Å². The van der Waals surface area contributed by atoms with Crippen LogP contribution in [0.3, 0.4) is 0 Å². The highest BCUT2D eigenvalue weighted by molar-refractivity contribution is 14.1. The molecule has 0 saturated heterocycles. The van der Waals surface area contributed by atoms with Crippen LogP contribution in [0.25, 0.3) is 11.1 Å². The molecule has 114 valence electrons. The molecule has 0 amide bonds. The van der Waals surface area contributed by atoms with Gasteiger partial charge in [-0.3, -0.25) is 0 Å². The SMILES string of the molecule is O=C(OCc1ccccc1)c1ccccc1-c1ccccc1I. The molecule has 0 unspecified atom stereocenters. The molecule has 0 aliphatic carbocycles. The Balaban J connectivity index is 1.86. The third-order valence-corrected chi connectivity index (χ3v) is 4.46. The summed E-state index contributed by atoms with van der Waals surface area (Å²) in [5.74, 6) is -0.302. The first-order valence-electron chi connectivity index (χ1n) is 7.30. The molecule has 0 radical (unpaired) electrons. The summed E-state index contributed by atoms with van der Waals surface area (Å²) in [6.45, 7) is 0.278. The van der Waals surface area contributed by atoms with E-state index >= 15 is 0 Å². The first-order valence-corrected chi connectivity index (χ1v) is 8.38. The molecule has 0 fully saturated rings. The van der Waals surface area contributed by atoms with Crippen LogP contribution in [0.1, 0.15) is 15.9 Å². The Morgan fingerprint density at radius 1 is 0.783 bits per heavy atom. The largest absolute Gasteiger partial charge is 0.457 e. The van der Waals surface area contributed by atoms with Crippen molar-refractivity contribution in [2.45, 2.75) is 6.61 Å². The zero-order valence-corrected chi connectivity index (χ0v) is 14.6. The fourth-order valence-corrected chi connectivity index (χ4v) is 3.05. The molecule has 0 bridgehead atoms. The van der Waals surface area contributed by atoms with Gasteiger partial charge in [0.25, 0.3) is 0 Å². The lowest BCUT2D eigenvalue weighted by atomic mass is 10.00. The molecule has 2 nitrogen and oxygen atoms in total. The number of carbonyl (C=O) groups excluding carboxylic acids is 1. The molecule has 0 spiro atoms. The van der Waals surface area contributed by atoms with Gasteiger partial charge in [-0.2, -0.15) is 0 Å². The minimum absolute atomic E-state index is 0.278. The van der Waals surface area contributed by atoms with Crippen molar-refractivity contribution in [2.75, 3.05) is 0 Å². The number of esters is 1. The Morgan fingerprint density at radius 2 is 1.39 bits per heavy atom. The van der Waals surface area contributed by atoms with Gasteiger partial charge < -0.3 is 4.74 Å². The van der Waals surface area contributed by atoms with Gasteiger partial charge >= 0.3 is 5.97 Å². The van der Waals surface area contributed by atoms with Crippen LogP contribution in [0.2, 0.25) is 0 Å². The molecule has 3 rings (SSSR count). The number of hydrogen-bond donors (Lipinski definition) is 0. The molecule has 0 heterocycles. The van der Waals surface area contributed by atoms with Crippen molar-refractivity contribution in [3.8, 4) is 11.1 Å². The molecule has 3 aromatic carbocycles. The molecular formula is C20H15IO2. The summed E-state index contributed by atoms with van der Waals surface area (Å²) in [5, 5.41) is 0. The highest BCUT2D eigenvalue weighted by atomic mass is 127.